The third kappa shape index (κ3) is 4.61. The van der Waals surface area contributed by atoms with E-state index in [2.05, 4.69) is 36.4 Å². The third-order valence-corrected chi connectivity index (χ3v) is 5.64. The van der Waals surface area contributed by atoms with E-state index in [4.69, 9.17) is 5.73 Å². The molecule has 4 heteroatoms. The lowest BCUT2D eigenvalue weighted by atomic mass is 9.74. The Hall–Kier alpha value is -2.62. The minimum absolute atomic E-state index is 0.125. The minimum Gasteiger partial charge on any atom is -0.369 e. The van der Waals surface area contributed by atoms with Crippen LogP contribution < -0.4 is 5.73 Å². The van der Waals surface area contributed by atoms with Crippen molar-refractivity contribution in [1.82, 2.24) is 4.90 Å². The van der Waals surface area contributed by atoms with Crippen LogP contribution in [-0.2, 0) is 16.0 Å². The zero-order chi connectivity index (χ0) is 20.1. The van der Waals surface area contributed by atoms with Gasteiger partial charge >= 0.3 is 0 Å². The lowest BCUT2D eigenvalue weighted by Gasteiger charge is -2.41. The molecule has 2 amide bonds. The van der Waals surface area contributed by atoms with Crippen LogP contribution in [0, 0.1) is 11.3 Å². The highest BCUT2D eigenvalue weighted by atomic mass is 16.2. The maximum Gasteiger partial charge on any atom is 0.225 e. The summed E-state index contributed by atoms with van der Waals surface area (Å²) in [6, 6.07) is 18.5. The fourth-order valence-electron chi connectivity index (χ4n) is 4.09. The summed E-state index contributed by atoms with van der Waals surface area (Å²) in [6.45, 7) is 5.22. The fourth-order valence-corrected chi connectivity index (χ4v) is 4.09. The first-order valence-electron chi connectivity index (χ1n) is 10.1. The van der Waals surface area contributed by atoms with Gasteiger partial charge in [-0.05, 0) is 41.9 Å². The van der Waals surface area contributed by atoms with Crippen LogP contribution in [0.5, 0.6) is 0 Å². The molecule has 0 spiro atoms. The van der Waals surface area contributed by atoms with Crippen molar-refractivity contribution >= 4 is 11.8 Å². The molecule has 4 nitrogen and oxygen atoms in total. The van der Waals surface area contributed by atoms with E-state index >= 15 is 0 Å². The topological polar surface area (TPSA) is 63.4 Å². The molecule has 2 N–H and O–H groups in total. The maximum atomic E-state index is 12.5. The number of likely N-dealkylation sites (tertiary alicyclic amines) is 1. The van der Waals surface area contributed by atoms with E-state index in [1.54, 1.807) is 0 Å². The molecule has 1 heterocycles. The van der Waals surface area contributed by atoms with Crippen LogP contribution in [0.15, 0.2) is 54.6 Å². The SMILES string of the molecule is CC(C)CC(=O)N1CCC[C@](Cc2ccc(-c3ccccc3)cc2)(C(N)=O)C1. The van der Waals surface area contributed by atoms with Crippen LogP contribution in [0.4, 0.5) is 0 Å². The van der Waals surface area contributed by atoms with E-state index in [0.717, 1.165) is 24.0 Å². The Kier molecular flexibility index (Phi) is 6.18. The normalized spacial score (nSPS) is 19.6. The van der Waals surface area contributed by atoms with Crippen molar-refractivity contribution in [2.75, 3.05) is 13.1 Å². The first-order valence-corrected chi connectivity index (χ1v) is 10.1. The van der Waals surface area contributed by atoms with Crippen LogP contribution >= 0.6 is 0 Å². The summed E-state index contributed by atoms with van der Waals surface area (Å²) < 4.78 is 0. The summed E-state index contributed by atoms with van der Waals surface area (Å²) in [4.78, 5) is 26.8. The average molecular weight is 379 g/mol. The molecule has 0 unspecified atom stereocenters. The zero-order valence-electron chi connectivity index (χ0n) is 16.9. The van der Waals surface area contributed by atoms with Gasteiger partial charge in [-0.15, -0.1) is 0 Å². The molecule has 0 bridgehead atoms. The van der Waals surface area contributed by atoms with E-state index < -0.39 is 5.41 Å². The predicted octanol–water partition coefficient (Wildman–Crippen LogP) is 4.04. The van der Waals surface area contributed by atoms with Crippen molar-refractivity contribution in [3.05, 3.63) is 60.2 Å². The number of hydrogen-bond acceptors (Lipinski definition) is 2. The van der Waals surface area contributed by atoms with E-state index in [9.17, 15) is 9.59 Å². The summed E-state index contributed by atoms with van der Waals surface area (Å²) >= 11 is 0. The summed E-state index contributed by atoms with van der Waals surface area (Å²) in [7, 11) is 0. The molecule has 2 aromatic rings. The number of hydrogen-bond donors (Lipinski definition) is 1. The highest BCUT2D eigenvalue weighted by Gasteiger charge is 2.42. The van der Waals surface area contributed by atoms with Gasteiger partial charge in [0.2, 0.25) is 11.8 Å². The number of carbonyl (C=O) groups is 2. The van der Waals surface area contributed by atoms with Gasteiger partial charge in [-0.3, -0.25) is 9.59 Å². The molecule has 0 aliphatic carbocycles. The lowest BCUT2D eigenvalue weighted by Crippen LogP contribution is -2.53. The van der Waals surface area contributed by atoms with Crippen LogP contribution in [-0.4, -0.2) is 29.8 Å². The van der Waals surface area contributed by atoms with Gasteiger partial charge < -0.3 is 10.6 Å². The van der Waals surface area contributed by atoms with Gasteiger partial charge in [0, 0.05) is 19.5 Å². The van der Waals surface area contributed by atoms with Crippen molar-refractivity contribution in [2.45, 2.75) is 39.5 Å². The van der Waals surface area contributed by atoms with Gasteiger partial charge in [0.1, 0.15) is 0 Å². The fraction of sp³-hybridized carbons (Fsp3) is 0.417. The van der Waals surface area contributed by atoms with Gasteiger partial charge in [0.15, 0.2) is 0 Å². The van der Waals surface area contributed by atoms with Gasteiger partial charge in [-0.2, -0.15) is 0 Å². The van der Waals surface area contributed by atoms with E-state index in [1.807, 2.05) is 36.9 Å². The second kappa shape index (κ2) is 8.59. The molecule has 0 saturated carbocycles. The van der Waals surface area contributed by atoms with Gasteiger partial charge in [-0.25, -0.2) is 0 Å². The van der Waals surface area contributed by atoms with E-state index in [-0.39, 0.29) is 11.8 Å². The van der Waals surface area contributed by atoms with E-state index in [1.165, 1.54) is 5.56 Å². The molecule has 2 aromatic carbocycles. The second-order valence-corrected chi connectivity index (χ2v) is 8.40. The van der Waals surface area contributed by atoms with Crippen molar-refractivity contribution in [3.8, 4) is 11.1 Å². The summed E-state index contributed by atoms with van der Waals surface area (Å²) in [6.07, 6.45) is 2.63. The minimum atomic E-state index is -0.681. The standard InChI is InChI=1S/C24H30N2O2/c1-18(2)15-22(27)26-14-6-13-24(17-26,23(25)28)16-19-9-11-21(12-10-19)20-7-4-3-5-8-20/h3-5,7-12,18H,6,13-17H2,1-2H3,(H2,25,28)/t24-/m1/s1. The Labute approximate surface area is 167 Å². The monoisotopic (exact) mass is 378 g/mol. The molecule has 1 aliphatic rings. The van der Waals surface area contributed by atoms with Gasteiger partial charge in [-0.1, -0.05) is 68.4 Å². The number of nitrogens with zero attached hydrogens (tertiary/aromatic N) is 1. The molecular weight excluding hydrogens is 348 g/mol. The first kappa shape index (κ1) is 20.1. The Morgan fingerprint density at radius 1 is 1.04 bits per heavy atom. The van der Waals surface area contributed by atoms with Crippen molar-refractivity contribution in [1.29, 1.82) is 0 Å². The molecule has 1 atom stereocenters. The summed E-state index contributed by atoms with van der Waals surface area (Å²) in [5, 5.41) is 0. The summed E-state index contributed by atoms with van der Waals surface area (Å²) in [5.41, 5.74) is 8.57. The smallest absolute Gasteiger partial charge is 0.225 e. The molecule has 1 fully saturated rings. The number of piperidine rings is 1. The van der Waals surface area contributed by atoms with Gasteiger partial charge in [0.25, 0.3) is 0 Å². The average Bonchev–Trinajstić information content (AvgIpc) is 2.69. The molecule has 1 aliphatic heterocycles. The zero-order valence-corrected chi connectivity index (χ0v) is 16.9. The molecular formula is C24H30N2O2. The highest BCUT2D eigenvalue weighted by Crippen LogP contribution is 2.34. The molecule has 148 valence electrons. The summed E-state index contributed by atoms with van der Waals surface area (Å²) in [5.74, 6) is 0.129. The molecule has 3 rings (SSSR count). The number of amides is 2. The van der Waals surface area contributed by atoms with Crippen LogP contribution in [0.1, 0.15) is 38.7 Å². The lowest BCUT2D eigenvalue weighted by molar-refractivity contribution is -0.140. The van der Waals surface area contributed by atoms with Gasteiger partial charge in [0.05, 0.1) is 5.41 Å². The van der Waals surface area contributed by atoms with Crippen LogP contribution in [0.3, 0.4) is 0 Å². The molecule has 0 aromatic heterocycles. The number of nitrogens with two attached hydrogens (primary N) is 1. The largest absolute Gasteiger partial charge is 0.369 e. The van der Waals surface area contributed by atoms with Crippen LogP contribution in [0.25, 0.3) is 11.1 Å². The number of benzene rings is 2. The maximum absolute atomic E-state index is 12.5. The van der Waals surface area contributed by atoms with Crippen LogP contribution in [0.2, 0.25) is 0 Å². The van der Waals surface area contributed by atoms with E-state index in [0.29, 0.717) is 31.8 Å². The third-order valence-electron chi connectivity index (χ3n) is 5.64. The Morgan fingerprint density at radius 2 is 1.68 bits per heavy atom. The quantitative estimate of drug-likeness (QED) is 0.825. The Morgan fingerprint density at radius 3 is 2.29 bits per heavy atom. The number of primary amides is 1. The number of carbonyl (C=O) groups excluding carboxylic acids is 2. The molecule has 28 heavy (non-hydrogen) atoms. The van der Waals surface area contributed by atoms with Crippen molar-refractivity contribution in [3.63, 3.8) is 0 Å². The van der Waals surface area contributed by atoms with Crippen molar-refractivity contribution in [2.24, 2.45) is 17.1 Å². The molecule has 1 saturated heterocycles. The Balaban J connectivity index is 1.77. The number of rotatable bonds is 6. The Bertz CT molecular complexity index is 814. The highest BCUT2D eigenvalue weighted by molar-refractivity contribution is 5.83. The predicted molar refractivity (Wildman–Crippen MR) is 112 cm³/mol. The second-order valence-electron chi connectivity index (χ2n) is 8.40. The first-order chi connectivity index (χ1) is 13.4. The van der Waals surface area contributed by atoms with Crippen molar-refractivity contribution < 1.29 is 9.59 Å². The molecule has 0 radical (unpaired) electrons.